The number of thiocarbonyl (C=S) groups is 1. The van der Waals surface area contributed by atoms with Gasteiger partial charge >= 0.3 is 0 Å². The summed E-state index contributed by atoms with van der Waals surface area (Å²) in [5.41, 5.74) is 0.459. The fraction of sp³-hybridized carbons (Fsp3) is 0. The first-order valence-corrected chi connectivity index (χ1v) is 11.0. The highest BCUT2D eigenvalue weighted by Crippen LogP contribution is 2.35. The molecule has 2 aromatic carbocycles. The van der Waals surface area contributed by atoms with E-state index in [9.17, 15) is 19.7 Å². The van der Waals surface area contributed by atoms with Gasteiger partial charge < -0.3 is 4.42 Å². The second kappa shape index (κ2) is 9.06. The van der Waals surface area contributed by atoms with Crippen molar-refractivity contribution in [1.82, 2.24) is 5.32 Å². The lowest BCUT2D eigenvalue weighted by Crippen LogP contribution is -2.54. The Labute approximate surface area is 210 Å². The maximum Gasteiger partial charge on any atom is 0.270 e. The zero-order valence-corrected chi connectivity index (χ0v) is 20.1. The zero-order chi connectivity index (χ0) is 23.9. The van der Waals surface area contributed by atoms with Crippen LogP contribution in [0.2, 0.25) is 10.0 Å². The largest absolute Gasteiger partial charge is 0.457 e. The molecule has 0 radical (unpaired) electrons. The van der Waals surface area contributed by atoms with Crippen molar-refractivity contribution in [3.63, 3.8) is 0 Å². The average molecular weight is 567 g/mol. The number of carbonyl (C=O) groups is 2. The molecule has 0 bridgehead atoms. The van der Waals surface area contributed by atoms with E-state index < -0.39 is 16.7 Å². The average Bonchev–Trinajstić information content (AvgIpc) is 3.22. The molecule has 3 aromatic rings. The molecule has 2 amide bonds. The highest BCUT2D eigenvalue weighted by Gasteiger charge is 2.36. The molecule has 1 aliphatic heterocycles. The number of carbonyl (C=O) groups excluding carboxylic acids is 2. The van der Waals surface area contributed by atoms with Crippen LogP contribution in [0.1, 0.15) is 5.76 Å². The predicted octanol–water partition coefficient (Wildman–Crippen LogP) is 5.76. The first-order valence-electron chi connectivity index (χ1n) is 9.07. The number of hydrogen-bond acceptors (Lipinski definition) is 6. The Kier molecular flexibility index (Phi) is 6.35. The van der Waals surface area contributed by atoms with Crippen LogP contribution in [0.4, 0.5) is 11.4 Å². The van der Waals surface area contributed by atoms with Gasteiger partial charge in [0, 0.05) is 22.2 Å². The molecule has 1 saturated heterocycles. The van der Waals surface area contributed by atoms with Gasteiger partial charge in [-0.3, -0.25) is 29.9 Å². The number of nitro groups is 1. The number of halogens is 3. The van der Waals surface area contributed by atoms with Crippen LogP contribution in [0.15, 0.2) is 63.0 Å². The van der Waals surface area contributed by atoms with E-state index in [1.54, 1.807) is 30.3 Å². The molecule has 0 unspecified atom stereocenters. The summed E-state index contributed by atoms with van der Waals surface area (Å²) < 4.78 is 6.20. The summed E-state index contributed by atoms with van der Waals surface area (Å²) in [5.74, 6) is -0.826. The van der Waals surface area contributed by atoms with Gasteiger partial charge in [-0.05, 0) is 64.6 Å². The molecule has 0 spiro atoms. The maximum absolute atomic E-state index is 13.1. The van der Waals surface area contributed by atoms with Crippen molar-refractivity contribution >= 4 is 85.7 Å². The molecule has 0 saturated carbocycles. The lowest BCUT2D eigenvalue weighted by Gasteiger charge is -2.29. The van der Waals surface area contributed by atoms with Gasteiger partial charge in [-0.1, -0.05) is 29.3 Å². The van der Waals surface area contributed by atoms with E-state index in [1.807, 2.05) is 0 Å². The van der Waals surface area contributed by atoms with Crippen LogP contribution in [0, 0.1) is 10.1 Å². The molecule has 4 rings (SSSR count). The third-order valence-corrected chi connectivity index (χ3v) is 6.37. The van der Waals surface area contributed by atoms with Crippen molar-refractivity contribution in [1.29, 1.82) is 0 Å². The first-order chi connectivity index (χ1) is 15.7. The number of nitro benzene ring substituents is 1. The number of non-ortho nitro benzene ring substituents is 1. The number of furan rings is 1. The third kappa shape index (κ3) is 4.42. The van der Waals surface area contributed by atoms with Crippen molar-refractivity contribution < 1.29 is 18.9 Å². The molecule has 1 fully saturated rings. The smallest absolute Gasteiger partial charge is 0.270 e. The van der Waals surface area contributed by atoms with Crippen LogP contribution in [0.3, 0.4) is 0 Å². The lowest BCUT2D eigenvalue weighted by molar-refractivity contribution is -0.384. The van der Waals surface area contributed by atoms with Crippen LogP contribution in [-0.4, -0.2) is 21.9 Å². The molecule has 2 heterocycles. The molecular weight excluding hydrogens is 557 g/mol. The van der Waals surface area contributed by atoms with Gasteiger partial charge in [0.15, 0.2) is 5.11 Å². The molecule has 0 aliphatic carbocycles. The summed E-state index contributed by atoms with van der Waals surface area (Å²) >= 11 is 20.7. The molecule has 33 heavy (non-hydrogen) atoms. The number of hydrogen-bond donors (Lipinski definition) is 1. The van der Waals surface area contributed by atoms with E-state index in [0.717, 1.165) is 4.90 Å². The van der Waals surface area contributed by atoms with Gasteiger partial charge in [0.2, 0.25) is 0 Å². The number of nitrogens with one attached hydrogen (secondary N) is 1. The van der Waals surface area contributed by atoms with E-state index in [2.05, 4.69) is 21.2 Å². The zero-order valence-electron chi connectivity index (χ0n) is 16.2. The minimum atomic E-state index is -0.706. The Morgan fingerprint density at radius 1 is 1.15 bits per heavy atom. The maximum atomic E-state index is 13.1. The molecule has 166 valence electrons. The van der Waals surface area contributed by atoms with E-state index in [1.165, 1.54) is 24.3 Å². The lowest BCUT2D eigenvalue weighted by atomic mass is 10.1. The van der Waals surface area contributed by atoms with E-state index in [4.69, 9.17) is 39.8 Å². The second-order valence-corrected chi connectivity index (χ2v) is 8.68. The van der Waals surface area contributed by atoms with Crippen LogP contribution in [0.5, 0.6) is 0 Å². The van der Waals surface area contributed by atoms with Crippen molar-refractivity contribution in [3.05, 3.63) is 84.5 Å². The Morgan fingerprint density at radius 2 is 1.91 bits per heavy atom. The Balaban J connectivity index is 1.69. The van der Waals surface area contributed by atoms with E-state index >= 15 is 0 Å². The number of benzene rings is 2. The quantitative estimate of drug-likeness (QED) is 0.142. The standard InChI is InChI=1S/C21H10BrCl2N3O5S/c22-14-8-10(27(30)31)4-6-12(14)17-7-5-11(32-17)9-13-19(28)25-21(33)26(20(13)29)16-3-1-2-15(23)18(16)24/h1-9H,(H,25,28,33)/b13-9-. The fourth-order valence-corrected chi connectivity index (χ4v) is 4.29. The minimum absolute atomic E-state index is 0.0836. The molecular formula is C21H10BrCl2N3O5S. The number of anilines is 1. The highest BCUT2D eigenvalue weighted by molar-refractivity contribution is 9.10. The summed E-state index contributed by atoms with van der Waals surface area (Å²) in [5, 5.41) is 13.6. The van der Waals surface area contributed by atoms with Gasteiger partial charge in [0.25, 0.3) is 17.5 Å². The van der Waals surface area contributed by atoms with Gasteiger partial charge in [-0.15, -0.1) is 0 Å². The topological polar surface area (TPSA) is 106 Å². The summed E-state index contributed by atoms with van der Waals surface area (Å²) in [6.07, 6.45) is 1.27. The Morgan fingerprint density at radius 3 is 2.61 bits per heavy atom. The second-order valence-electron chi connectivity index (χ2n) is 6.65. The van der Waals surface area contributed by atoms with Crippen molar-refractivity contribution in [3.8, 4) is 11.3 Å². The Bertz CT molecular complexity index is 1390. The van der Waals surface area contributed by atoms with E-state index in [0.29, 0.717) is 15.8 Å². The summed E-state index contributed by atoms with van der Waals surface area (Å²) in [4.78, 5) is 37.1. The van der Waals surface area contributed by atoms with E-state index in [-0.39, 0.29) is 37.9 Å². The number of nitrogens with zero attached hydrogens (tertiary/aromatic N) is 2. The van der Waals surface area contributed by atoms with Gasteiger partial charge in [-0.2, -0.15) is 0 Å². The summed E-state index contributed by atoms with van der Waals surface area (Å²) in [7, 11) is 0. The third-order valence-electron chi connectivity index (χ3n) is 4.62. The van der Waals surface area contributed by atoms with Crippen LogP contribution < -0.4 is 10.2 Å². The molecule has 0 atom stereocenters. The van der Waals surface area contributed by atoms with Gasteiger partial charge in [0.05, 0.1) is 20.7 Å². The summed E-state index contributed by atoms with van der Waals surface area (Å²) in [6.45, 7) is 0. The van der Waals surface area contributed by atoms with Gasteiger partial charge in [0.1, 0.15) is 17.1 Å². The molecule has 1 N–H and O–H groups in total. The first kappa shape index (κ1) is 23.1. The van der Waals surface area contributed by atoms with Crippen LogP contribution in [0.25, 0.3) is 17.4 Å². The highest BCUT2D eigenvalue weighted by atomic mass is 79.9. The SMILES string of the molecule is O=C1NC(=S)N(c2cccc(Cl)c2Cl)C(=O)/C1=C\c1ccc(-c2ccc([N+](=O)[O-])cc2Br)o1. The molecule has 12 heteroatoms. The molecule has 1 aliphatic rings. The van der Waals surface area contributed by atoms with Crippen LogP contribution >= 0.6 is 51.3 Å². The normalized spacial score (nSPS) is 15.2. The minimum Gasteiger partial charge on any atom is -0.457 e. The number of rotatable bonds is 4. The van der Waals surface area contributed by atoms with Crippen molar-refractivity contribution in [2.75, 3.05) is 4.90 Å². The van der Waals surface area contributed by atoms with Crippen molar-refractivity contribution in [2.45, 2.75) is 0 Å². The molecule has 8 nitrogen and oxygen atoms in total. The van der Waals surface area contributed by atoms with Crippen LogP contribution in [-0.2, 0) is 9.59 Å². The van der Waals surface area contributed by atoms with Crippen molar-refractivity contribution in [2.24, 2.45) is 0 Å². The predicted molar refractivity (Wildman–Crippen MR) is 131 cm³/mol. The fourth-order valence-electron chi connectivity index (χ4n) is 3.08. The number of amides is 2. The summed E-state index contributed by atoms with van der Waals surface area (Å²) in [6, 6.07) is 12.1. The Hall–Kier alpha value is -3.05. The molecule has 1 aromatic heterocycles. The van der Waals surface area contributed by atoms with Gasteiger partial charge in [-0.25, -0.2) is 0 Å². The monoisotopic (exact) mass is 565 g/mol.